The number of allylic oxidation sites excluding steroid dienone is 5. The van der Waals surface area contributed by atoms with E-state index < -0.39 is 0 Å². The van der Waals surface area contributed by atoms with Gasteiger partial charge in [-0.3, -0.25) is 0 Å². The number of likely N-dealkylation sites (N-methyl/N-ethyl adjacent to an activating group) is 1. The number of fused-ring (bicyclic) bond motifs is 2. The first-order valence-corrected chi connectivity index (χ1v) is 15.2. The number of thioether (sulfide) groups is 1. The number of halogens is 1. The molecule has 0 atom stereocenters. The van der Waals surface area contributed by atoms with Crippen LogP contribution in [0.4, 0.5) is 5.69 Å². The Bertz CT molecular complexity index is 1500. The van der Waals surface area contributed by atoms with E-state index >= 15 is 0 Å². The fourth-order valence-electron chi connectivity index (χ4n) is 5.47. The molecule has 2 aliphatic rings. The molecule has 2 heterocycles. The van der Waals surface area contributed by atoms with Crippen LogP contribution in [0.25, 0.3) is 16.3 Å². The van der Waals surface area contributed by atoms with Gasteiger partial charge in [0.1, 0.15) is 22.7 Å². The highest BCUT2D eigenvalue weighted by atomic mass is 127. The zero-order valence-corrected chi connectivity index (χ0v) is 28.0. The van der Waals surface area contributed by atoms with Crippen LogP contribution in [0.2, 0.25) is 0 Å². The Morgan fingerprint density at radius 1 is 0.975 bits per heavy atom. The van der Waals surface area contributed by atoms with E-state index in [1.807, 2.05) is 35.2 Å². The van der Waals surface area contributed by atoms with Crippen LogP contribution in [0.15, 0.2) is 81.4 Å². The largest absolute Gasteiger partial charge is 1.00 e. The van der Waals surface area contributed by atoms with Crippen molar-refractivity contribution in [1.29, 1.82) is 0 Å². The van der Waals surface area contributed by atoms with Crippen molar-refractivity contribution < 1.29 is 38.0 Å². The van der Waals surface area contributed by atoms with Crippen LogP contribution >= 0.6 is 23.1 Å². The Morgan fingerprint density at radius 2 is 1.73 bits per heavy atom. The van der Waals surface area contributed by atoms with Gasteiger partial charge in [-0.25, -0.2) is 0 Å². The molecule has 0 saturated carbocycles. The second-order valence-corrected chi connectivity index (χ2v) is 12.0. The normalized spacial score (nSPS) is 17.2. The van der Waals surface area contributed by atoms with Gasteiger partial charge in [0.25, 0.3) is 5.01 Å². The predicted molar refractivity (Wildman–Crippen MR) is 166 cm³/mol. The third-order valence-corrected chi connectivity index (χ3v) is 9.57. The third-order valence-electron chi connectivity index (χ3n) is 7.31. The molecule has 8 heteroatoms. The summed E-state index contributed by atoms with van der Waals surface area (Å²) in [7, 11) is 7.78. The van der Waals surface area contributed by atoms with Crippen LogP contribution in [-0.4, -0.2) is 39.8 Å². The lowest BCUT2D eigenvalue weighted by molar-refractivity contribution is -0.665. The van der Waals surface area contributed by atoms with Crippen LogP contribution in [0.1, 0.15) is 38.1 Å². The lowest BCUT2D eigenvalue weighted by Gasteiger charge is -2.27. The van der Waals surface area contributed by atoms with Crippen LogP contribution in [0.3, 0.4) is 0 Å². The zero-order valence-electron chi connectivity index (χ0n) is 24.2. The second-order valence-electron chi connectivity index (χ2n) is 9.85. The van der Waals surface area contributed by atoms with Crippen LogP contribution < -0.4 is 42.9 Å². The Hall–Kier alpha value is -2.43. The molecule has 5 rings (SSSR count). The Kier molecular flexibility index (Phi) is 10.3. The zero-order chi connectivity index (χ0) is 27.5. The van der Waals surface area contributed by atoms with Crippen LogP contribution in [-0.2, 0) is 6.54 Å². The minimum absolute atomic E-state index is 0. The molecule has 212 valence electrons. The Labute approximate surface area is 263 Å². The lowest BCUT2D eigenvalue weighted by atomic mass is 9.90. The highest BCUT2D eigenvalue weighted by molar-refractivity contribution is 8.03. The van der Waals surface area contributed by atoms with Crippen molar-refractivity contribution in [3.05, 3.63) is 81.5 Å². The van der Waals surface area contributed by atoms with Gasteiger partial charge in [0.15, 0.2) is 0 Å². The van der Waals surface area contributed by atoms with Crippen molar-refractivity contribution in [2.45, 2.75) is 44.6 Å². The molecule has 3 aromatic rings. The van der Waals surface area contributed by atoms with Crippen molar-refractivity contribution in [1.82, 2.24) is 4.90 Å². The lowest BCUT2D eigenvalue weighted by Crippen LogP contribution is -3.00. The fraction of sp³-hybridized carbons (Fsp3) is 0.344. The van der Waals surface area contributed by atoms with E-state index in [4.69, 9.17) is 9.47 Å². The summed E-state index contributed by atoms with van der Waals surface area (Å²) < 4.78 is 14.6. The number of aryl methyl sites for hydroxylation is 1. The fourth-order valence-corrected chi connectivity index (χ4v) is 7.69. The van der Waals surface area contributed by atoms with Crippen molar-refractivity contribution >= 4 is 45.1 Å². The molecule has 1 aromatic heterocycles. The molecule has 0 bridgehead atoms. The Morgan fingerprint density at radius 3 is 2.42 bits per heavy atom. The van der Waals surface area contributed by atoms with E-state index in [9.17, 15) is 0 Å². The van der Waals surface area contributed by atoms with E-state index in [0.717, 1.165) is 43.9 Å². The molecular formula is C32H38IN3O2S2. The molecule has 40 heavy (non-hydrogen) atoms. The summed E-state index contributed by atoms with van der Waals surface area (Å²) in [6.45, 7) is 6.25. The number of hydrogen-bond donors (Lipinski definition) is 0. The molecule has 1 aliphatic heterocycles. The van der Waals surface area contributed by atoms with E-state index in [2.05, 4.69) is 90.9 Å². The molecule has 0 spiro atoms. The summed E-state index contributed by atoms with van der Waals surface area (Å²) in [5, 5.41) is 2.53. The summed E-state index contributed by atoms with van der Waals surface area (Å²) in [6.07, 6.45) is 12.6. The molecule has 0 radical (unpaired) electrons. The highest BCUT2D eigenvalue weighted by Crippen LogP contribution is 2.47. The number of methoxy groups -OCH3 is 2. The SMILES string of the molecule is CCN1/C(=C/C=C2\CCCC(/C=C/c3sc4ccc(OC)cc4[n+]3CC)=C2N(C)C)Sc2ccc(OC)cc21.[I-]. The minimum atomic E-state index is 0. The number of aromatic nitrogens is 1. The second kappa shape index (κ2) is 13.5. The molecule has 1 aliphatic carbocycles. The van der Waals surface area contributed by atoms with Gasteiger partial charge in [-0.2, -0.15) is 4.57 Å². The maximum atomic E-state index is 5.48. The van der Waals surface area contributed by atoms with Gasteiger partial charge in [-0.15, -0.1) is 0 Å². The predicted octanol–water partition coefficient (Wildman–Crippen LogP) is 4.64. The molecule has 0 N–H and O–H groups in total. The van der Waals surface area contributed by atoms with Gasteiger partial charge in [-0.05, 0) is 80.7 Å². The molecule has 0 saturated heterocycles. The monoisotopic (exact) mass is 687 g/mol. The van der Waals surface area contributed by atoms with E-state index in [0.29, 0.717) is 0 Å². The maximum absolute atomic E-state index is 5.48. The van der Waals surface area contributed by atoms with Gasteiger partial charge in [0.05, 0.1) is 31.0 Å². The standard InChI is InChI=1S/C32H38N3O2S2.HI/c1-7-34-26-20-24(36-5)14-16-28(26)38-30(34)18-12-22-10-9-11-23(32(22)33(3)4)13-19-31-35(8-2)27-21-25(37-6)15-17-29(27)39-31;/h12-21H,7-11H2,1-6H3;1H/q+1;/p-1. The number of hydrogen-bond acceptors (Lipinski definition) is 6. The molecular weight excluding hydrogens is 649 g/mol. The van der Waals surface area contributed by atoms with Crippen LogP contribution in [0, 0.1) is 0 Å². The number of anilines is 1. The van der Waals surface area contributed by atoms with Crippen molar-refractivity contribution in [2.75, 3.05) is 39.8 Å². The summed E-state index contributed by atoms with van der Waals surface area (Å²) in [5.41, 5.74) is 6.59. The average Bonchev–Trinajstić information content (AvgIpc) is 3.50. The maximum Gasteiger partial charge on any atom is 0.262 e. The van der Waals surface area contributed by atoms with Gasteiger partial charge < -0.3 is 43.3 Å². The summed E-state index contributed by atoms with van der Waals surface area (Å²) >= 11 is 3.67. The van der Waals surface area contributed by atoms with Crippen molar-refractivity contribution in [3.63, 3.8) is 0 Å². The number of ether oxygens (including phenoxy) is 2. The van der Waals surface area contributed by atoms with Crippen LogP contribution in [0.5, 0.6) is 11.5 Å². The number of nitrogens with zero attached hydrogens (tertiary/aromatic N) is 3. The molecule has 0 unspecified atom stereocenters. The average molecular weight is 688 g/mol. The first kappa shape index (κ1) is 30.5. The van der Waals surface area contributed by atoms with E-state index in [1.165, 1.54) is 47.7 Å². The smallest absolute Gasteiger partial charge is 0.262 e. The van der Waals surface area contributed by atoms with Gasteiger partial charge in [-0.1, -0.05) is 29.2 Å². The Balaban J connectivity index is 0.00000370. The summed E-state index contributed by atoms with van der Waals surface area (Å²) in [6, 6.07) is 12.7. The van der Waals surface area contributed by atoms with E-state index in [-0.39, 0.29) is 24.0 Å². The van der Waals surface area contributed by atoms with Crippen molar-refractivity contribution in [3.8, 4) is 11.5 Å². The quantitative estimate of drug-likeness (QED) is 0.255. The van der Waals surface area contributed by atoms with Gasteiger partial charge >= 0.3 is 0 Å². The topological polar surface area (TPSA) is 28.8 Å². The first-order valence-electron chi connectivity index (χ1n) is 13.6. The molecule has 2 aromatic carbocycles. The van der Waals surface area contributed by atoms with Gasteiger partial charge in [0, 0.05) is 43.4 Å². The summed E-state index contributed by atoms with van der Waals surface area (Å²) in [4.78, 5) is 5.94. The molecule has 0 fully saturated rings. The number of benzene rings is 2. The van der Waals surface area contributed by atoms with Crippen molar-refractivity contribution in [2.24, 2.45) is 0 Å². The third kappa shape index (κ3) is 6.09. The number of rotatable bonds is 8. The highest BCUT2D eigenvalue weighted by Gasteiger charge is 2.25. The number of thiazole rings is 1. The minimum Gasteiger partial charge on any atom is -1.00 e. The molecule has 5 nitrogen and oxygen atoms in total. The molecule has 0 amide bonds. The van der Waals surface area contributed by atoms with Gasteiger partial charge in [0.2, 0.25) is 5.52 Å². The summed E-state index contributed by atoms with van der Waals surface area (Å²) in [5.74, 6) is 1.80. The van der Waals surface area contributed by atoms with E-state index in [1.54, 1.807) is 14.2 Å². The first-order chi connectivity index (χ1) is 19.0.